The number of amides is 1. The van der Waals surface area contributed by atoms with E-state index in [2.05, 4.69) is 10.8 Å². The Morgan fingerprint density at radius 3 is 2.61 bits per heavy atom. The van der Waals surface area contributed by atoms with E-state index in [0.29, 0.717) is 10.7 Å². The lowest BCUT2D eigenvalue weighted by Crippen LogP contribution is -2.30. The third-order valence-electron chi connectivity index (χ3n) is 4.87. The van der Waals surface area contributed by atoms with Crippen LogP contribution in [0.4, 0.5) is 5.69 Å². The maximum absolute atomic E-state index is 12.8. The number of ether oxygens (including phenoxy) is 1. The van der Waals surface area contributed by atoms with Crippen LogP contribution >= 0.6 is 0 Å². The minimum absolute atomic E-state index is 0.00124. The molecule has 8 nitrogen and oxygen atoms in total. The molecule has 1 aliphatic heterocycles. The molecule has 1 aliphatic carbocycles. The first-order valence-electron chi connectivity index (χ1n) is 9.16. The van der Waals surface area contributed by atoms with Gasteiger partial charge in [0.25, 0.3) is 0 Å². The predicted octanol–water partition coefficient (Wildman–Crippen LogP) is 1.93. The van der Waals surface area contributed by atoms with Crippen LogP contribution in [-0.4, -0.2) is 42.2 Å². The summed E-state index contributed by atoms with van der Waals surface area (Å²) >= 11 is 0. The lowest BCUT2D eigenvalue weighted by Gasteiger charge is -2.18. The Labute approximate surface area is 165 Å². The Morgan fingerprint density at radius 2 is 2.00 bits per heavy atom. The van der Waals surface area contributed by atoms with Gasteiger partial charge in [-0.3, -0.25) is 4.79 Å². The molecular weight excluding hydrogens is 404 g/mol. The van der Waals surface area contributed by atoms with E-state index in [9.17, 15) is 21.6 Å². The molecule has 1 fully saturated rings. The monoisotopic (exact) mass is 428 g/mol. The van der Waals surface area contributed by atoms with Crippen molar-refractivity contribution < 1.29 is 26.4 Å². The van der Waals surface area contributed by atoms with Gasteiger partial charge in [0.15, 0.2) is 0 Å². The second kappa shape index (κ2) is 8.22. The largest absolute Gasteiger partial charge is 0.495 e. The maximum Gasteiger partial charge on any atom is 0.244 e. The van der Waals surface area contributed by atoms with E-state index in [4.69, 9.17) is 4.74 Å². The van der Waals surface area contributed by atoms with Crippen molar-refractivity contribution in [3.63, 3.8) is 0 Å². The Kier molecular flexibility index (Phi) is 6.11. The van der Waals surface area contributed by atoms with Gasteiger partial charge in [0.2, 0.25) is 26.0 Å². The smallest absolute Gasteiger partial charge is 0.244 e. The molecule has 0 bridgehead atoms. The average molecular weight is 429 g/mol. The molecular formula is C18H24N2O6S2. The van der Waals surface area contributed by atoms with Gasteiger partial charge in [-0.1, -0.05) is 11.6 Å². The van der Waals surface area contributed by atoms with Crippen molar-refractivity contribution in [3.8, 4) is 5.75 Å². The fourth-order valence-corrected chi connectivity index (χ4v) is 6.10. The Bertz CT molecular complexity index is 999. The van der Waals surface area contributed by atoms with Crippen molar-refractivity contribution in [2.45, 2.75) is 43.4 Å². The summed E-state index contributed by atoms with van der Waals surface area (Å²) in [6.07, 6.45) is 6.95. The van der Waals surface area contributed by atoms with Crippen LogP contribution in [0.3, 0.4) is 0 Å². The lowest BCUT2D eigenvalue weighted by atomic mass is 9.97. The first-order chi connectivity index (χ1) is 13.2. The van der Waals surface area contributed by atoms with Crippen LogP contribution in [-0.2, 0) is 24.8 Å². The number of methoxy groups -OCH3 is 1. The molecule has 0 radical (unpaired) electrons. The van der Waals surface area contributed by atoms with Gasteiger partial charge in [0.05, 0.1) is 18.6 Å². The topological polar surface area (TPSA) is 110 Å². The Hall–Kier alpha value is -1.91. The van der Waals surface area contributed by atoms with Crippen LogP contribution < -0.4 is 13.8 Å². The molecule has 10 heteroatoms. The zero-order chi connectivity index (χ0) is 20.4. The summed E-state index contributed by atoms with van der Waals surface area (Å²) in [5.74, 6) is -0.782. The van der Waals surface area contributed by atoms with Gasteiger partial charge in [0, 0.05) is 13.0 Å². The number of rotatable bonds is 7. The van der Waals surface area contributed by atoms with Gasteiger partial charge in [0.1, 0.15) is 10.6 Å². The quantitative estimate of drug-likeness (QED) is 0.665. The molecule has 0 aromatic heterocycles. The van der Waals surface area contributed by atoms with Gasteiger partial charge in [-0.15, -0.1) is 0 Å². The van der Waals surface area contributed by atoms with E-state index in [1.165, 1.54) is 30.9 Å². The number of hydrogen-bond acceptors (Lipinski definition) is 6. The van der Waals surface area contributed by atoms with Gasteiger partial charge < -0.3 is 4.74 Å². The number of hydrogen-bond donors (Lipinski definition) is 1. The molecule has 0 spiro atoms. The number of allylic oxidation sites excluding steroid dienone is 1. The highest BCUT2D eigenvalue weighted by atomic mass is 32.2. The predicted molar refractivity (Wildman–Crippen MR) is 105 cm³/mol. The number of benzene rings is 1. The van der Waals surface area contributed by atoms with Crippen LogP contribution in [0.2, 0.25) is 0 Å². The summed E-state index contributed by atoms with van der Waals surface area (Å²) < 4.78 is 58.2. The number of nitrogens with one attached hydrogen (secondary N) is 1. The molecule has 0 atom stereocenters. The lowest BCUT2D eigenvalue weighted by molar-refractivity contribution is -0.116. The molecule has 28 heavy (non-hydrogen) atoms. The zero-order valence-corrected chi connectivity index (χ0v) is 17.3. The average Bonchev–Trinajstić information content (AvgIpc) is 2.94. The van der Waals surface area contributed by atoms with E-state index in [1.54, 1.807) is 0 Å². The number of sulfonamides is 2. The van der Waals surface area contributed by atoms with E-state index in [-0.39, 0.29) is 35.1 Å². The molecule has 3 rings (SSSR count). The SMILES string of the molecule is COc1ccc(N2C(=O)CCS2(=O)=O)cc1S(=O)(=O)NCCC1=CCCCC1. The first-order valence-corrected chi connectivity index (χ1v) is 12.3. The van der Waals surface area contributed by atoms with Crippen molar-refractivity contribution in [1.82, 2.24) is 4.72 Å². The third kappa shape index (κ3) is 4.39. The van der Waals surface area contributed by atoms with Crippen molar-refractivity contribution in [2.24, 2.45) is 0 Å². The molecule has 1 saturated heterocycles. The normalized spacial score (nSPS) is 19.5. The molecule has 1 N–H and O–H groups in total. The Morgan fingerprint density at radius 1 is 1.21 bits per heavy atom. The summed E-state index contributed by atoms with van der Waals surface area (Å²) in [6, 6.07) is 3.89. The summed E-state index contributed by atoms with van der Waals surface area (Å²) in [5, 5.41) is 0. The van der Waals surface area contributed by atoms with Crippen LogP contribution in [0.1, 0.15) is 38.5 Å². The van der Waals surface area contributed by atoms with E-state index in [1.807, 2.05) is 0 Å². The van der Waals surface area contributed by atoms with E-state index < -0.39 is 26.0 Å². The molecule has 154 valence electrons. The fourth-order valence-electron chi connectivity index (χ4n) is 3.43. The summed E-state index contributed by atoms with van der Waals surface area (Å²) in [6.45, 7) is 0.239. The van der Waals surface area contributed by atoms with Gasteiger partial charge in [-0.2, -0.15) is 0 Å². The second-order valence-corrected chi connectivity index (χ2v) is 10.5. The van der Waals surface area contributed by atoms with Crippen LogP contribution in [0, 0.1) is 0 Å². The first kappa shape index (κ1) is 20.8. The fraction of sp³-hybridized carbons (Fsp3) is 0.500. The van der Waals surface area contributed by atoms with Crippen LogP contribution in [0.15, 0.2) is 34.7 Å². The molecule has 1 aromatic carbocycles. The van der Waals surface area contributed by atoms with E-state index >= 15 is 0 Å². The van der Waals surface area contributed by atoms with Crippen molar-refractivity contribution in [2.75, 3.05) is 23.7 Å². The van der Waals surface area contributed by atoms with Gasteiger partial charge in [-0.05, 0) is 50.3 Å². The zero-order valence-electron chi connectivity index (χ0n) is 15.7. The highest BCUT2D eigenvalue weighted by Crippen LogP contribution is 2.32. The highest BCUT2D eigenvalue weighted by Gasteiger charge is 2.37. The van der Waals surface area contributed by atoms with Gasteiger partial charge >= 0.3 is 0 Å². The van der Waals surface area contributed by atoms with Crippen LogP contribution in [0.5, 0.6) is 5.75 Å². The van der Waals surface area contributed by atoms with Crippen molar-refractivity contribution in [3.05, 3.63) is 29.8 Å². The summed E-state index contributed by atoms with van der Waals surface area (Å²) in [7, 11) is -6.40. The summed E-state index contributed by atoms with van der Waals surface area (Å²) in [4.78, 5) is 11.8. The maximum atomic E-state index is 12.8. The van der Waals surface area contributed by atoms with E-state index in [0.717, 1.165) is 25.7 Å². The van der Waals surface area contributed by atoms with Crippen molar-refractivity contribution in [1.29, 1.82) is 0 Å². The minimum atomic E-state index is -3.95. The number of carbonyl (C=O) groups is 1. The highest BCUT2D eigenvalue weighted by molar-refractivity contribution is 7.94. The molecule has 0 saturated carbocycles. The molecule has 1 aromatic rings. The molecule has 2 aliphatic rings. The number of anilines is 1. The molecule has 1 amide bonds. The standard InChI is InChI=1S/C18H24N2O6S2/c1-26-16-8-7-15(20-18(21)10-12-27(20,22)23)13-17(16)28(24,25)19-11-9-14-5-3-2-4-6-14/h5,7-8,13,19H,2-4,6,9-12H2,1H3. The number of nitrogens with zero attached hydrogens (tertiary/aromatic N) is 1. The second-order valence-electron chi connectivity index (χ2n) is 6.82. The van der Waals surface area contributed by atoms with Crippen LogP contribution in [0.25, 0.3) is 0 Å². The molecule has 1 heterocycles. The summed E-state index contributed by atoms with van der Waals surface area (Å²) in [5.41, 5.74) is 1.24. The Balaban J connectivity index is 1.84. The molecule has 0 unspecified atom stereocenters. The van der Waals surface area contributed by atoms with Crippen molar-refractivity contribution >= 4 is 31.6 Å². The number of carbonyl (C=O) groups excluding carboxylic acids is 1. The minimum Gasteiger partial charge on any atom is -0.495 e. The third-order valence-corrected chi connectivity index (χ3v) is 8.05. The van der Waals surface area contributed by atoms with Gasteiger partial charge in [-0.25, -0.2) is 25.9 Å².